The van der Waals surface area contributed by atoms with Crippen molar-refractivity contribution in [2.24, 2.45) is 5.73 Å². The van der Waals surface area contributed by atoms with Gasteiger partial charge in [0.15, 0.2) is 0 Å². The predicted octanol–water partition coefficient (Wildman–Crippen LogP) is 1.32. The number of likely N-dealkylation sites (N-methyl/N-ethyl adjacent to an activating group) is 1. The Balaban J connectivity index is 2.51. The summed E-state index contributed by atoms with van der Waals surface area (Å²) in [4.78, 5) is 1.93. The van der Waals surface area contributed by atoms with Gasteiger partial charge in [0.25, 0.3) is 0 Å². The first-order valence-corrected chi connectivity index (χ1v) is 4.43. The number of halogens is 1. The molecule has 2 rings (SSSR count). The highest BCUT2D eigenvalue weighted by Crippen LogP contribution is 2.36. The van der Waals surface area contributed by atoms with E-state index in [1.165, 1.54) is 6.07 Å². The third-order valence-electron chi connectivity index (χ3n) is 2.62. The van der Waals surface area contributed by atoms with E-state index in [1.54, 1.807) is 6.07 Å². The fraction of sp³-hybridized carbons (Fsp3) is 0.400. The van der Waals surface area contributed by atoms with Crippen molar-refractivity contribution in [2.75, 3.05) is 25.0 Å². The van der Waals surface area contributed by atoms with E-state index in [0.29, 0.717) is 6.54 Å². The van der Waals surface area contributed by atoms with Crippen LogP contribution in [-0.4, -0.2) is 20.1 Å². The quantitative estimate of drug-likeness (QED) is 0.706. The molecule has 2 nitrogen and oxygen atoms in total. The average molecular weight is 180 g/mol. The van der Waals surface area contributed by atoms with Crippen molar-refractivity contribution < 1.29 is 4.39 Å². The number of nitrogens with two attached hydrogens (primary N) is 1. The van der Waals surface area contributed by atoms with Gasteiger partial charge in [-0.2, -0.15) is 0 Å². The third-order valence-corrected chi connectivity index (χ3v) is 2.62. The summed E-state index contributed by atoms with van der Waals surface area (Å²) in [5.74, 6) is 0.145. The predicted molar refractivity (Wildman–Crippen MR) is 51.5 cm³/mol. The first kappa shape index (κ1) is 8.51. The maximum atomic E-state index is 13.4. The Morgan fingerprint density at radius 1 is 1.62 bits per heavy atom. The first-order chi connectivity index (χ1) is 6.24. The molecule has 1 aromatic rings. The molecule has 13 heavy (non-hydrogen) atoms. The lowest BCUT2D eigenvalue weighted by Gasteiger charge is -2.12. The van der Waals surface area contributed by atoms with Crippen LogP contribution in [0.25, 0.3) is 0 Å². The molecule has 1 aromatic carbocycles. The molecule has 0 aromatic heterocycles. The molecule has 1 atom stereocenters. The summed E-state index contributed by atoms with van der Waals surface area (Å²) in [7, 11) is 1.90. The van der Waals surface area contributed by atoms with Crippen LogP contribution in [0.15, 0.2) is 18.2 Å². The molecule has 0 spiro atoms. The summed E-state index contributed by atoms with van der Waals surface area (Å²) >= 11 is 0. The number of hydrogen-bond donors (Lipinski definition) is 1. The van der Waals surface area contributed by atoms with Gasteiger partial charge < -0.3 is 10.6 Å². The van der Waals surface area contributed by atoms with E-state index < -0.39 is 0 Å². The van der Waals surface area contributed by atoms with Crippen LogP contribution in [-0.2, 0) is 0 Å². The summed E-state index contributed by atoms with van der Waals surface area (Å²) < 4.78 is 13.4. The van der Waals surface area contributed by atoms with Gasteiger partial charge in [0.1, 0.15) is 5.82 Å². The zero-order valence-corrected chi connectivity index (χ0v) is 7.63. The Morgan fingerprint density at radius 2 is 2.38 bits per heavy atom. The van der Waals surface area contributed by atoms with E-state index in [0.717, 1.165) is 17.8 Å². The van der Waals surface area contributed by atoms with Crippen LogP contribution >= 0.6 is 0 Å². The largest absolute Gasteiger partial charge is 0.371 e. The lowest BCUT2D eigenvalue weighted by atomic mass is 10.0. The third kappa shape index (κ3) is 1.20. The number of fused-ring (bicyclic) bond motifs is 1. The van der Waals surface area contributed by atoms with Crippen molar-refractivity contribution in [3.05, 3.63) is 29.6 Å². The second kappa shape index (κ2) is 3.00. The van der Waals surface area contributed by atoms with Gasteiger partial charge in [-0.1, -0.05) is 12.1 Å². The number of anilines is 1. The second-order valence-corrected chi connectivity index (χ2v) is 3.49. The summed E-state index contributed by atoms with van der Waals surface area (Å²) in [5.41, 5.74) is 7.38. The van der Waals surface area contributed by atoms with E-state index in [4.69, 9.17) is 5.73 Å². The van der Waals surface area contributed by atoms with Crippen LogP contribution in [0.5, 0.6) is 0 Å². The highest BCUT2D eigenvalue weighted by Gasteiger charge is 2.27. The van der Waals surface area contributed by atoms with Crippen LogP contribution in [0.2, 0.25) is 0 Å². The van der Waals surface area contributed by atoms with E-state index in [-0.39, 0.29) is 11.7 Å². The van der Waals surface area contributed by atoms with Crippen LogP contribution in [0, 0.1) is 5.82 Å². The smallest absolute Gasteiger partial charge is 0.146 e. The molecular formula is C10H13FN2. The number of nitrogens with zero attached hydrogens (tertiary/aromatic N) is 1. The Hall–Kier alpha value is -1.09. The van der Waals surface area contributed by atoms with Gasteiger partial charge in [-0.25, -0.2) is 4.39 Å². The maximum absolute atomic E-state index is 13.4. The molecule has 0 radical (unpaired) electrons. The molecule has 0 bridgehead atoms. The SMILES string of the molecule is CN1CC(CN)c2cccc(F)c21. The van der Waals surface area contributed by atoms with Crippen molar-refractivity contribution >= 4 is 5.69 Å². The molecule has 0 fully saturated rings. The first-order valence-electron chi connectivity index (χ1n) is 4.43. The monoisotopic (exact) mass is 180 g/mol. The van der Waals surface area contributed by atoms with E-state index in [9.17, 15) is 4.39 Å². The van der Waals surface area contributed by atoms with E-state index >= 15 is 0 Å². The van der Waals surface area contributed by atoms with Crippen molar-refractivity contribution in [1.29, 1.82) is 0 Å². The van der Waals surface area contributed by atoms with Crippen molar-refractivity contribution in [1.82, 2.24) is 0 Å². The second-order valence-electron chi connectivity index (χ2n) is 3.49. The van der Waals surface area contributed by atoms with Gasteiger partial charge in [-0.3, -0.25) is 0 Å². The average Bonchev–Trinajstić information content (AvgIpc) is 2.44. The van der Waals surface area contributed by atoms with Crippen LogP contribution in [0.1, 0.15) is 11.5 Å². The van der Waals surface area contributed by atoms with Crippen LogP contribution in [0.3, 0.4) is 0 Å². The number of hydrogen-bond acceptors (Lipinski definition) is 2. The topological polar surface area (TPSA) is 29.3 Å². The molecule has 0 amide bonds. The van der Waals surface area contributed by atoms with E-state index in [1.807, 2.05) is 18.0 Å². The molecule has 1 aliphatic heterocycles. The number of rotatable bonds is 1. The summed E-state index contributed by atoms with van der Waals surface area (Å²) in [6.07, 6.45) is 0. The molecular weight excluding hydrogens is 167 g/mol. The van der Waals surface area contributed by atoms with Gasteiger partial charge in [0.2, 0.25) is 0 Å². The van der Waals surface area contributed by atoms with Gasteiger partial charge in [-0.15, -0.1) is 0 Å². The maximum Gasteiger partial charge on any atom is 0.146 e. The molecule has 1 heterocycles. The minimum absolute atomic E-state index is 0.143. The molecule has 70 valence electrons. The zero-order chi connectivity index (χ0) is 9.42. The molecule has 2 N–H and O–H groups in total. The Bertz CT molecular complexity index is 325. The van der Waals surface area contributed by atoms with Crippen LogP contribution in [0.4, 0.5) is 10.1 Å². The lowest BCUT2D eigenvalue weighted by Crippen LogP contribution is -2.20. The summed E-state index contributed by atoms with van der Waals surface area (Å²) in [5, 5.41) is 0. The Kier molecular flexibility index (Phi) is 1.96. The van der Waals surface area contributed by atoms with Gasteiger partial charge in [0.05, 0.1) is 5.69 Å². The fourth-order valence-electron chi connectivity index (χ4n) is 1.99. The Morgan fingerprint density at radius 3 is 3.08 bits per heavy atom. The van der Waals surface area contributed by atoms with Crippen molar-refractivity contribution in [2.45, 2.75) is 5.92 Å². The molecule has 1 aliphatic rings. The molecule has 1 unspecified atom stereocenters. The standard InChI is InChI=1S/C10H13FN2/c1-13-6-7(5-12)8-3-2-4-9(11)10(8)13/h2-4,7H,5-6,12H2,1H3. The van der Waals surface area contributed by atoms with Gasteiger partial charge in [0, 0.05) is 26.1 Å². The van der Waals surface area contributed by atoms with Gasteiger partial charge in [-0.05, 0) is 11.6 Å². The van der Waals surface area contributed by atoms with Gasteiger partial charge >= 0.3 is 0 Å². The molecule has 0 aliphatic carbocycles. The minimum atomic E-state index is -0.143. The summed E-state index contributed by atoms with van der Waals surface area (Å²) in [6.45, 7) is 1.41. The highest BCUT2D eigenvalue weighted by atomic mass is 19.1. The Labute approximate surface area is 77.2 Å². The molecule has 3 heteroatoms. The lowest BCUT2D eigenvalue weighted by molar-refractivity contribution is 0.626. The summed E-state index contributed by atoms with van der Waals surface area (Å²) in [6, 6.07) is 5.20. The van der Waals surface area contributed by atoms with E-state index in [2.05, 4.69) is 0 Å². The minimum Gasteiger partial charge on any atom is -0.371 e. The van der Waals surface area contributed by atoms with Crippen molar-refractivity contribution in [3.8, 4) is 0 Å². The highest BCUT2D eigenvalue weighted by molar-refractivity contribution is 5.60. The number of para-hydroxylation sites is 1. The normalized spacial score (nSPS) is 20.5. The fourth-order valence-corrected chi connectivity index (χ4v) is 1.99. The zero-order valence-electron chi connectivity index (χ0n) is 7.63. The van der Waals surface area contributed by atoms with Crippen LogP contribution < -0.4 is 10.6 Å². The number of benzene rings is 1. The molecule has 0 saturated heterocycles. The van der Waals surface area contributed by atoms with Crippen molar-refractivity contribution in [3.63, 3.8) is 0 Å². The molecule has 0 saturated carbocycles.